The zero-order chi connectivity index (χ0) is 13.0. The van der Waals surface area contributed by atoms with Crippen LogP contribution in [0.5, 0.6) is 0 Å². The van der Waals surface area contributed by atoms with Crippen LogP contribution >= 0.6 is 34.2 Å². The number of alkyl halides is 3. The molecule has 0 atom stereocenters. The van der Waals surface area contributed by atoms with Gasteiger partial charge in [0.05, 0.1) is 25.1 Å². The Hall–Kier alpha value is -0.500. The van der Waals surface area contributed by atoms with Crippen molar-refractivity contribution in [2.75, 3.05) is 7.11 Å². The minimum Gasteiger partial charge on any atom is -0.469 e. The van der Waals surface area contributed by atoms with E-state index in [-0.39, 0.29) is 23.6 Å². The van der Waals surface area contributed by atoms with Gasteiger partial charge in [-0.25, -0.2) is 13.8 Å². The number of nitrogens with zero attached hydrogens (tertiary/aromatic N) is 1. The number of hydrogen-bond donors (Lipinski definition) is 0. The quantitative estimate of drug-likeness (QED) is 0.351. The second-order valence-electron chi connectivity index (χ2n) is 3.16. The summed E-state index contributed by atoms with van der Waals surface area (Å²) in [4.78, 5) is 15.1. The van der Waals surface area contributed by atoms with Crippen molar-refractivity contribution in [3.63, 3.8) is 0 Å². The predicted octanol–water partition coefficient (Wildman–Crippen LogP) is 3.08. The Morgan fingerprint density at radius 3 is 2.76 bits per heavy atom. The SMILES string of the molecule is COC(=O)Cc1cc(C(F)F)c(CCl)c(I)n1. The van der Waals surface area contributed by atoms with E-state index < -0.39 is 12.4 Å². The van der Waals surface area contributed by atoms with Crippen molar-refractivity contribution in [2.24, 2.45) is 0 Å². The number of hydrogen-bond acceptors (Lipinski definition) is 3. The molecule has 1 heterocycles. The van der Waals surface area contributed by atoms with Gasteiger partial charge in [0, 0.05) is 11.1 Å². The maximum absolute atomic E-state index is 12.8. The fraction of sp³-hybridized carbons (Fsp3) is 0.400. The highest BCUT2D eigenvalue weighted by Crippen LogP contribution is 2.28. The van der Waals surface area contributed by atoms with E-state index in [1.54, 1.807) is 0 Å². The van der Waals surface area contributed by atoms with Crippen molar-refractivity contribution >= 4 is 40.2 Å². The lowest BCUT2D eigenvalue weighted by molar-refractivity contribution is -0.139. The lowest BCUT2D eigenvalue weighted by Crippen LogP contribution is -2.09. The second-order valence-corrected chi connectivity index (χ2v) is 4.45. The average molecular weight is 376 g/mol. The highest BCUT2D eigenvalue weighted by Gasteiger charge is 2.18. The zero-order valence-electron chi connectivity index (χ0n) is 8.84. The summed E-state index contributed by atoms with van der Waals surface area (Å²) in [6, 6.07) is 1.20. The van der Waals surface area contributed by atoms with Crippen LogP contribution in [0.2, 0.25) is 0 Å². The van der Waals surface area contributed by atoms with Crippen LogP contribution in [0.3, 0.4) is 0 Å². The van der Waals surface area contributed by atoms with Crippen molar-refractivity contribution < 1.29 is 18.3 Å². The molecule has 94 valence electrons. The van der Waals surface area contributed by atoms with Crippen molar-refractivity contribution in [3.8, 4) is 0 Å². The number of rotatable bonds is 4. The molecule has 17 heavy (non-hydrogen) atoms. The highest BCUT2D eigenvalue weighted by molar-refractivity contribution is 14.1. The molecular formula is C10H9ClF2INO2. The first-order valence-electron chi connectivity index (χ1n) is 4.58. The standard InChI is InChI=1S/C10H9ClF2INO2/c1-17-8(16)3-5-2-6(9(12)13)7(4-11)10(14)15-5/h2,9H,3-4H2,1H3. The lowest BCUT2D eigenvalue weighted by atomic mass is 10.1. The number of aromatic nitrogens is 1. The van der Waals surface area contributed by atoms with Crippen LogP contribution in [0.25, 0.3) is 0 Å². The minimum atomic E-state index is -2.64. The average Bonchev–Trinajstić information content (AvgIpc) is 2.28. The van der Waals surface area contributed by atoms with E-state index >= 15 is 0 Å². The van der Waals surface area contributed by atoms with E-state index in [1.807, 2.05) is 22.6 Å². The Balaban J connectivity index is 3.15. The van der Waals surface area contributed by atoms with Gasteiger partial charge in [-0.2, -0.15) is 0 Å². The molecule has 0 aromatic carbocycles. The predicted molar refractivity (Wildman–Crippen MR) is 67.2 cm³/mol. The van der Waals surface area contributed by atoms with E-state index in [0.717, 1.165) is 0 Å². The molecule has 1 rings (SSSR count). The van der Waals surface area contributed by atoms with Gasteiger partial charge in [0.25, 0.3) is 6.43 Å². The molecule has 0 aliphatic heterocycles. The van der Waals surface area contributed by atoms with Crippen LogP contribution in [-0.4, -0.2) is 18.1 Å². The fourth-order valence-electron chi connectivity index (χ4n) is 1.25. The van der Waals surface area contributed by atoms with E-state index in [1.165, 1.54) is 13.2 Å². The summed E-state index contributed by atoms with van der Waals surface area (Å²) in [6.45, 7) is 0. The smallest absolute Gasteiger partial charge is 0.311 e. The normalized spacial score (nSPS) is 10.7. The van der Waals surface area contributed by atoms with Crippen LogP contribution in [0, 0.1) is 3.70 Å². The van der Waals surface area contributed by atoms with Gasteiger partial charge >= 0.3 is 5.97 Å². The Bertz CT molecular complexity index is 429. The van der Waals surface area contributed by atoms with E-state index in [9.17, 15) is 13.6 Å². The van der Waals surface area contributed by atoms with E-state index in [4.69, 9.17) is 11.6 Å². The topological polar surface area (TPSA) is 39.2 Å². The molecule has 7 heteroatoms. The Morgan fingerprint density at radius 1 is 1.65 bits per heavy atom. The first-order chi connectivity index (χ1) is 7.99. The molecule has 1 aromatic rings. The number of carbonyl (C=O) groups excluding carboxylic acids is 1. The molecule has 0 unspecified atom stereocenters. The molecular weight excluding hydrogens is 366 g/mol. The summed E-state index contributed by atoms with van der Waals surface area (Å²) in [5.41, 5.74) is 0.375. The molecule has 0 saturated heterocycles. The van der Waals surface area contributed by atoms with Gasteiger partial charge in [-0.05, 0) is 28.7 Å². The number of methoxy groups -OCH3 is 1. The largest absolute Gasteiger partial charge is 0.469 e. The van der Waals surface area contributed by atoms with Crippen LogP contribution in [-0.2, 0) is 21.8 Å². The summed E-state index contributed by atoms with van der Waals surface area (Å²) in [7, 11) is 1.23. The highest BCUT2D eigenvalue weighted by atomic mass is 127. The third-order valence-electron chi connectivity index (χ3n) is 2.08. The van der Waals surface area contributed by atoms with Crippen LogP contribution in [0.1, 0.15) is 23.2 Å². The number of carbonyl (C=O) groups is 1. The third-order valence-corrected chi connectivity index (χ3v) is 3.24. The van der Waals surface area contributed by atoms with Crippen molar-refractivity contribution in [1.82, 2.24) is 4.98 Å². The third kappa shape index (κ3) is 3.74. The molecule has 0 amide bonds. The maximum Gasteiger partial charge on any atom is 0.311 e. The van der Waals surface area contributed by atoms with Crippen molar-refractivity contribution in [1.29, 1.82) is 0 Å². The number of ether oxygens (including phenoxy) is 1. The van der Waals surface area contributed by atoms with Gasteiger partial charge in [-0.3, -0.25) is 4.79 Å². The summed E-state index contributed by atoms with van der Waals surface area (Å²) in [5.74, 6) is -0.559. The molecule has 0 aliphatic carbocycles. The first-order valence-corrected chi connectivity index (χ1v) is 6.20. The Kier molecular flexibility index (Phi) is 5.51. The summed E-state index contributed by atoms with van der Waals surface area (Å²) in [6.07, 6.45) is -2.77. The van der Waals surface area contributed by atoms with Gasteiger partial charge in [0.15, 0.2) is 0 Å². The molecule has 0 aliphatic rings. The first kappa shape index (κ1) is 14.6. The molecule has 0 radical (unpaired) electrons. The van der Waals surface area contributed by atoms with Gasteiger partial charge in [0.2, 0.25) is 0 Å². The molecule has 0 saturated carbocycles. The minimum absolute atomic E-state index is 0.0382. The van der Waals surface area contributed by atoms with Crippen LogP contribution in [0.15, 0.2) is 6.07 Å². The van der Waals surface area contributed by atoms with Crippen LogP contribution in [0.4, 0.5) is 8.78 Å². The molecule has 0 bridgehead atoms. The molecule has 3 nitrogen and oxygen atoms in total. The van der Waals surface area contributed by atoms with E-state index in [2.05, 4.69) is 9.72 Å². The molecule has 0 N–H and O–H groups in total. The Labute approximate surface area is 116 Å². The summed E-state index contributed by atoms with van der Waals surface area (Å²) in [5, 5.41) is 0. The number of halogens is 4. The number of esters is 1. The molecule has 0 fully saturated rings. The zero-order valence-corrected chi connectivity index (χ0v) is 11.8. The summed E-state index contributed by atoms with van der Waals surface area (Å²) >= 11 is 7.42. The number of pyridine rings is 1. The second kappa shape index (κ2) is 6.44. The molecule has 1 aromatic heterocycles. The Morgan fingerprint density at radius 2 is 2.29 bits per heavy atom. The van der Waals surface area contributed by atoms with Crippen molar-refractivity contribution in [3.05, 3.63) is 26.6 Å². The van der Waals surface area contributed by atoms with E-state index in [0.29, 0.717) is 9.26 Å². The fourth-order valence-corrected chi connectivity index (χ4v) is 2.57. The summed E-state index contributed by atoms with van der Waals surface area (Å²) < 4.78 is 30.4. The maximum atomic E-state index is 12.8. The monoisotopic (exact) mass is 375 g/mol. The van der Waals surface area contributed by atoms with Gasteiger partial charge in [0.1, 0.15) is 3.70 Å². The molecule has 0 spiro atoms. The van der Waals surface area contributed by atoms with Gasteiger partial charge < -0.3 is 4.74 Å². The van der Waals surface area contributed by atoms with Gasteiger partial charge in [-0.15, -0.1) is 11.6 Å². The van der Waals surface area contributed by atoms with Gasteiger partial charge in [-0.1, -0.05) is 0 Å². The lowest BCUT2D eigenvalue weighted by Gasteiger charge is -2.10. The van der Waals surface area contributed by atoms with Crippen LogP contribution < -0.4 is 0 Å². The van der Waals surface area contributed by atoms with Crippen molar-refractivity contribution in [2.45, 2.75) is 18.7 Å².